The maximum atomic E-state index is 12.8. The Balaban J connectivity index is 1.26. The maximum absolute atomic E-state index is 12.8. The number of nitrogens with zero attached hydrogens (tertiary/aromatic N) is 4. The lowest BCUT2D eigenvalue weighted by atomic mass is 9.89. The minimum absolute atomic E-state index is 0.112. The maximum Gasteiger partial charge on any atom is 0.230 e. The average molecular weight is 374 g/mol. The summed E-state index contributed by atoms with van der Waals surface area (Å²) in [6.07, 6.45) is 2.27. The number of carbonyl (C=O) groups excluding carboxylic acids is 1. The second-order valence-corrected chi connectivity index (χ2v) is 7.38. The van der Waals surface area contributed by atoms with E-state index in [2.05, 4.69) is 34.5 Å². The minimum atomic E-state index is 0.112. The van der Waals surface area contributed by atoms with Crippen molar-refractivity contribution in [2.45, 2.75) is 31.9 Å². The van der Waals surface area contributed by atoms with E-state index in [4.69, 9.17) is 4.74 Å². The van der Waals surface area contributed by atoms with Gasteiger partial charge in [0.25, 0.3) is 0 Å². The molecule has 3 heterocycles. The molecule has 0 N–H and O–H groups in total. The van der Waals surface area contributed by atoms with Crippen molar-refractivity contribution in [3.8, 4) is 17.1 Å². The molecule has 0 radical (unpaired) electrons. The van der Waals surface area contributed by atoms with Crippen LogP contribution in [0.25, 0.3) is 11.4 Å². The van der Waals surface area contributed by atoms with E-state index in [1.165, 1.54) is 5.56 Å². The van der Waals surface area contributed by atoms with Crippen LogP contribution in [-0.4, -0.2) is 38.7 Å². The van der Waals surface area contributed by atoms with Crippen LogP contribution < -0.4 is 4.74 Å². The first-order valence-corrected chi connectivity index (χ1v) is 9.76. The number of para-hydroxylation sites is 1. The third-order valence-electron chi connectivity index (χ3n) is 5.73. The van der Waals surface area contributed by atoms with Gasteiger partial charge in [0.1, 0.15) is 11.6 Å². The molecule has 0 atom stereocenters. The number of likely N-dealkylation sites (tertiary alicyclic amines) is 1. The molecule has 1 fully saturated rings. The lowest BCUT2D eigenvalue weighted by Crippen LogP contribution is -2.39. The highest BCUT2D eigenvalue weighted by Gasteiger charge is 2.27. The summed E-state index contributed by atoms with van der Waals surface area (Å²) in [5, 5.41) is 8.59. The number of ether oxygens (including phenoxy) is 1. The first-order valence-electron chi connectivity index (χ1n) is 9.76. The van der Waals surface area contributed by atoms with Crippen molar-refractivity contribution in [3.63, 3.8) is 0 Å². The van der Waals surface area contributed by atoms with E-state index in [0.717, 1.165) is 43.1 Å². The Kier molecular flexibility index (Phi) is 4.31. The molecule has 1 saturated heterocycles. The van der Waals surface area contributed by atoms with Crippen LogP contribution in [0.3, 0.4) is 0 Å². The van der Waals surface area contributed by atoms with Crippen LogP contribution in [0.15, 0.2) is 54.6 Å². The Morgan fingerprint density at radius 3 is 2.57 bits per heavy atom. The van der Waals surface area contributed by atoms with Crippen molar-refractivity contribution >= 4 is 5.91 Å². The van der Waals surface area contributed by atoms with Crippen molar-refractivity contribution in [1.29, 1.82) is 0 Å². The summed E-state index contributed by atoms with van der Waals surface area (Å²) in [6, 6.07) is 18.4. The van der Waals surface area contributed by atoms with Crippen molar-refractivity contribution < 1.29 is 9.53 Å². The molecule has 2 aliphatic heterocycles. The van der Waals surface area contributed by atoms with Crippen LogP contribution in [0, 0.1) is 0 Å². The lowest BCUT2D eigenvalue weighted by molar-refractivity contribution is -0.131. The third-order valence-corrected chi connectivity index (χ3v) is 5.73. The lowest BCUT2D eigenvalue weighted by Gasteiger charge is -2.32. The summed E-state index contributed by atoms with van der Waals surface area (Å²) in [5.41, 5.74) is 2.29. The number of benzene rings is 2. The number of piperidine rings is 1. The number of carbonyl (C=O) groups is 1. The fourth-order valence-electron chi connectivity index (χ4n) is 4.15. The quantitative estimate of drug-likeness (QED) is 0.706. The Morgan fingerprint density at radius 2 is 1.75 bits per heavy atom. The molecule has 142 valence electrons. The van der Waals surface area contributed by atoms with Gasteiger partial charge in [-0.15, -0.1) is 10.2 Å². The minimum Gasteiger partial charge on any atom is -0.472 e. The van der Waals surface area contributed by atoms with Gasteiger partial charge in [-0.1, -0.05) is 42.5 Å². The van der Waals surface area contributed by atoms with Crippen molar-refractivity contribution in [3.05, 3.63) is 66.0 Å². The van der Waals surface area contributed by atoms with E-state index in [9.17, 15) is 4.79 Å². The summed E-state index contributed by atoms with van der Waals surface area (Å²) < 4.78 is 7.70. The number of aromatic nitrogens is 3. The Morgan fingerprint density at radius 1 is 1.00 bits per heavy atom. The first kappa shape index (κ1) is 17.0. The second-order valence-electron chi connectivity index (χ2n) is 7.38. The summed E-state index contributed by atoms with van der Waals surface area (Å²) >= 11 is 0. The van der Waals surface area contributed by atoms with Crippen LogP contribution in [-0.2, 0) is 17.9 Å². The van der Waals surface area contributed by atoms with Gasteiger partial charge in [-0.2, -0.15) is 0 Å². The monoisotopic (exact) mass is 374 g/mol. The highest BCUT2D eigenvalue weighted by atomic mass is 16.5. The molecule has 1 amide bonds. The highest BCUT2D eigenvalue weighted by molar-refractivity contribution is 5.78. The summed E-state index contributed by atoms with van der Waals surface area (Å²) in [6.45, 7) is 1.93. The zero-order valence-electron chi connectivity index (χ0n) is 15.6. The number of hydrogen-bond donors (Lipinski definition) is 0. The fourth-order valence-corrected chi connectivity index (χ4v) is 4.15. The summed E-state index contributed by atoms with van der Waals surface area (Å²) in [5.74, 6) is 2.90. The van der Waals surface area contributed by atoms with Gasteiger partial charge in [-0.25, -0.2) is 0 Å². The topological polar surface area (TPSA) is 60.3 Å². The normalized spacial score (nSPS) is 16.2. The predicted molar refractivity (Wildman–Crippen MR) is 105 cm³/mol. The van der Waals surface area contributed by atoms with Gasteiger partial charge in [-0.05, 0) is 36.5 Å². The van der Waals surface area contributed by atoms with E-state index in [1.54, 1.807) is 0 Å². The molecule has 5 rings (SSSR count). The van der Waals surface area contributed by atoms with Gasteiger partial charge in [0.05, 0.1) is 12.0 Å². The SMILES string of the molecule is O=C(Cc1nnc2n1COc1ccccc1-2)N1CCC(c2ccccc2)CC1. The molecule has 0 aliphatic carbocycles. The Bertz CT molecular complexity index is 991. The Hall–Kier alpha value is -3.15. The standard InChI is InChI=1S/C22H22N4O2/c27-21(25-12-10-17(11-13-25)16-6-2-1-3-7-16)14-20-23-24-22-18-8-4-5-9-19(18)28-15-26(20)22/h1-9,17H,10-15H2. The van der Waals surface area contributed by atoms with Crippen LogP contribution in [0.1, 0.15) is 30.1 Å². The van der Waals surface area contributed by atoms with E-state index < -0.39 is 0 Å². The predicted octanol–water partition coefficient (Wildman–Crippen LogP) is 3.24. The number of amides is 1. The molecule has 0 bridgehead atoms. The molecule has 6 heteroatoms. The van der Waals surface area contributed by atoms with Gasteiger partial charge in [0.15, 0.2) is 12.6 Å². The number of hydrogen-bond acceptors (Lipinski definition) is 4. The van der Waals surface area contributed by atoms with E-state index in [0.29, 0.717) is 18.5 Å². The van der Waals surface area contributed by atoms with Gasteiger partial charge in [0, 0.05) is 13.1 Å². The zero-order chi connectivity index (χ0) is 18.9. The summed E-state index contributed by atoms with van der Waals surface area (Å²) in [7, 11) is 0. The van der Waals surface area contributed by atoms with Crippen LogP contribution in [0.2, 0.25) is 0 Å². The van der Waals surface area contributed by atoms with Gasteiger partial charge < -0.3 is 9.64 Å². The van der Waals surface area contributed by atoms with Crippen LogP contribution in [0.5, 0.6) is 5.75 Å². The zero-order valence-corrected chi connectivity index (χ0v) is 15.6. The molecular weight excluding hydrogens is 352 g/mol. The van der Waals surface area contributed by atoms with Crippen LogP contribution in [0.4, 0.5) is 0 Å². The molecule has 6 nitrogen and oxygen atoms in total. The molecule has 2 aliphatic rings. The number of rotatable bonds is 3. The molecule has 1 aromatic heterocycles. The second kappa shape index (κ2) is 7.11. The molecular formula is C22H22N4O2. The number of fused-ring (bicyclic) bond motifs is 3. The highest BCUT2D eigenvalue weighted by Crippen LogP contribution is 2.33. The molecule has 0 saturated carbocycles. The van der Waals surface area contributed by atoms with E-state index in [-0.39, 0.29) is 12.3 Å². The molecule has 0 spiro atoms. The summed E-state index contributed by atoms with van der Waals surface area (Å²) in [4.78, 5) is 14.8. The van der Waals surface area contributed by atoms with Crippen LogP contribution >= 0.6 is 0 Å². The van der Waals surface area contributed by atoms with Crippen molar-refractivity contribution in [2.24, 2.45) is 0 Å². The van der Waals surface area contributed by atoms with E-state index >= 15 is 0 Å². The molecule has 3 aromatic rings. The van der Waals surface area contributed by atoms with Crippen molar-refractivity contribution in [2.75, 3.05) is 13.1 Å². The molecule has 0 unspecified atom stereocenters. The molecule has 28 heavy (non-hydrogen) atoms. The van der Waals surface area contributed by atoms with E-state index in [1.807, 2.05) is 39.8 Å². The fraction of sp³-hybridized carbons (Fsp3) is 0.318. The smallest absolute Gasteiger partial charge is 0.230 e. The van der Waals surface area contributed by atoms with Gasteiger partial charge >= 0.3 is 0 Å². The Labute approximate surface area is 163 Å². The largest absolute Gasteiger partial charge is 0.472 e. The first-order chi connectivity index (χ1) is 13.8. The van der Waals surface area contributed by atoms with Crippen molar-refractivity contribution in [1.82, 2.24) is 19.7 Å². The average Bonchev–Trinajstić information content (AvgIpc) is 3.18. The van der Waals surface area contributed by atoms with Gasteiger partial charge in [-0.3, -0.25) is 9.36 Å². The van der Waals surface area contributed by atoms with Gasteiger partial charge in [0.2, 0.25) is 5.91 Å². The third kappa shape index (κ3) is 3.05. The molecule has 2 aromatic carbocycles.